The van der Waals surface area contributed by atoms with Crippen LogP contribution in [0.1, 0.15) is 20.8 Å². The van der Waals surface area contributed by atoms with Gasteiger partial charge in [0.15, 0.2) is 0 Å². The maximum atomic E-state index is 13.0. The largest absolute Gasteiger partial charge is 0.369 e. The lowest BCUT2D eigenvalue weighted by Gasteiger charge is -2.37. The van der Waals surface area contributed by atoms with Gasteiger partial charge in [-0.25, -0.2) is 4.39 Å². The first-order valence-corrected chi connectivity index (χ1v) is 8.01. The fourth-order valence-corrected chi connectivity index (χ4v) is 2.78. The predicted octanol–water partition coefficient (Wildman–Crippen LogP) is 2.58. The maximum absolute atomic E-state index is 13.0. The Hall–Kier alpha value is -1.13. The molecule has 21 heavy (non-hydrogen) atoms. The number of halogens is 1. The molecule has 0 aromatic heterocycles. The average molecular weight is 293 g/mol. The Morgan fingerprint density at radius 3 is 2.24 bits per heavy atom. The van der Waals surface area contributed by atoms with Gasteiger partial charge in [-0.3, -0.25) is 4.90 Å². The molecule has 0 amide bonds. The van der Waals surface area contributed by atoms with Gasteiger partial charge in [-0.1, -0.05) is 20.8 Å². The minimum atomic E-state index is -0.163. The quantitative estimate of drug-likeness (QED) is 0.870. The fraction of sp³-hybridized carbons (Fsp3) is 0.647. The molecule has 1 atom stereocenters. The lowest BCUT2D eigenvalue weighted by molar-refractivity contribution is 0.221. The summed E-state index contributed by atoms with van der Waals surface area (Å²) in [5.74, 6) is 0.508. The van der Waals surface area contributed by atoms with Crippen molar-refractivity contribution >= 4 is 5.69 Å². The third-order valence-electron chi connectivity index (χ3n) is 4.01. The predicted molar refractivity (Wildman–Crippen MR) is 87.4 cm³/mol. The van der Waals surface area contributed by atoms with Gasteiger partial charge in [-0.05, 0) is 36.7 Å². The zero-order valence-corrected chi connectivity index (χ0v) is 13.5. The molecule has 1 aromatic carbocycles. The van der Waals surface area contributed by atoms with Crippen molar-refractivity contribution in [3.63, 3.8) is 0 Å². The Morgan fingerprint density at radius 1 is 1.05 bits per heavy atom. The van der Waals surface area contributed by atoms with Crippen molar-refractivity contribution in [2.24, 2.45) is 5.92 Å². The van der Waals surface area contributed by atoms with Gasteiger partial charge in [-0.2, -0.15) is 0 Å². The van der Waals surface area contributed by atoms with Gasteiger partial charge >= 0.3 is 0 Å². The minimum absolute atomic E-state index is 0.163. The summed E-state index contributed by atoms with van der Waals surface area (Å²) in [6.45, 7) is 13.1. The lowest BCUT2D eigenvalue weighted by Crippen LogP contribution is -2.48. The minimum Gasteiger partial charge on any atom is -0.369 e. The second-order valence-corrected chi connectivity index (χ2v) is 6.43. The molecule has 0 saturated carbocycles. The van der Waals surface area contributed by atoms with E-state index in [-0.39, 0.29) is 5.82 Å². The molecule has 1 aliphatic heterocycles. The molecule has 1 heterocycles. The second kappa shape index (κ2) is 7.76. The second-order valence-electron chi connectivity index (χ2n) is 6.43. The van der Waals surface area contributed by atoms with Crippen molar-refractivity contribution < 1.29 is 4.39 Å². The average Bonchev–Trinajstić information content (AvgIpc) is 2.47. The standard InChI is InChI=1S/C17H28FN3/c1-14(2)19-12-15(3)13-20-8-10-21(11-9-20)17-6-4-16(18)5-7-17/h4-7,14-15,19H,8-13H2,1-3H3. The Kier molecular flexibility index (Phi) is 6.00. The summed E-state index contributed by atoms with van der Waals surface area (Å²) in [5.41, 5.74) is 1.13. The van der Waals surface area contributed by atoms with Crippen molar-refractivity contribution in [1.82, 2.24) is 10.2 Å². The Bertz CT molecular complexity index is 411. The van der Waals surface area contributed by atoms with E-state index < -0.39 is 0 Å². The van der Waals surface area contributed by atoms with Gasteiger partial charge in [0.2, 0.25) is 0 Å². The molecule has 0 spiro atoms. The van der Waals surface area contributed by atoms with Crippen molar-refractivity contribution in [3.8, 4) is 0 Å². The van der Waals surface area contributed by atoms with Crippen LogP contribution in [0.2, 0.25) is 0 Å². The molecule has 0 bridgehead atoms. The molecule has 4 heteroatoms. The molecule has 1 fully saturated rings. The third-order valence-corrected chi connectivity index (χ3v) is 4.01. The highest BCUT2D eigenvalue weighted by atomic mass is 19.1. The lowest BCUT2D eigenvalue weighted by atomic mass is 10.1. The number of hydrogen-bond acceptors (Lipinski definition) is 3. The van der Waals surface area contributed by atoms with E-state index in [2.05, 4.69) is 35.9 Å². The number of nitrogens with one attached hydrogen (secondary N) is 1. The zero-order chi connectivity index (χ0) is 15.2. The Balaban J connectivity index is 1.74. The first-order valence-electron chi connectivity index (χ1n) is 8.01. The highest BCUT2D eigenvalue weighted by molar-refractivity contribution is 5.46. The smallest absolute Gasteiger partial charge is 0.123 e. The van der Waals surface area contributed by atoms with E-state index in [1.807, 2.05) is 12.1 Å². The third kappa shape index (κ3) is 5.29. The van der Waals surface area contributed by atoms with Gasteiger partial charge in [-0.15, -0.1) is 0 Å². The summed E-state index contributed by atoms with van der Waals surface area (Å²) in [6, 6.07) is 7.39. The molecule has 2 rings (SSSR count). The van der Waals surface area contributed by atoms with Crippen molar-refractivity contribution in [3.05, 3.63) is 30.1 Å². The van der Waals surface area contributed by atoms with Crippen LogP contribution in [-0.4, -0.2) is 50.2 Å². The number of anilines is 1. The Labute approximate surface area is 128 Å². The highest BCUT2D eigenvalue weighted by Gasteiger charge is 2.18. The molecule has 118 valence electrons. The molecule has 0 aliphatic carbocycles. The summed E-state index contributed by atoms with van der Waals surface area (Å²) in [5, 5.41) is 3.50. The Morgan fingerprint density at radius 2 is 1.67 bits per heavy atom. The van der Waals surface area contributed by atoms with Crippen molar-refractivity contribution in [2.75, 3.05) is 44.2 Å². The number of benzene rings is 1. The highest BCUT2D eigenvalue weighted by Crippen LogP contribution is 2.17. The van der Waals surface area contributed by atoms with E-state index in [1.165, 1.54) is 0 Å². The fourth-order valence-electron chi connectivity index (χ4n) is 2.78. The summed E-state index contributed by atoms with van der Waals surface area (Å²) in [4.78, 5) is 4.87. The van der Waals surface area contributed by atoms with Crippen LogP contribution in [0.5, 0.6) is 0 Å². The molecule has 0 radical (unpaired) electrons. The number of nitrogens with zero attached hydrogens (tertiary/aromatic N) is 2. The summed E-state index contributed by atoms with van der Waals surface area (Å²) >= 11 is 0. The van der Waals surface area contributed by atoms with Crippen molar-refractivity contribution in [2.45, 2.75) is 26.8 Å². The van der Waals surface area contributed by atoms with Crippen LogP contribution >= 0.6 is 0 Å². The number of hydrogen-bond donors (Lipinski definition) is 1. The van der Waals surface area contributed by atoms with Gasteiger partial charge in [0, 0.05) is 44.5 Å². The monoisotopic (exact) mass is 293 g/mol. The number of piperazine rings is 1. The van der Waals surface area contributed by atoms with Crippen LogP contribution in [0.15, 0.2) is 24.3 Å². The summed E-state index contributed by atoms with van der Waals surface area (Å²) in [7, 11) is 0. The van der Waals surface area contributed by atoms with E-state index in [0.29, 0.717) is 12.0 Å². The SMILES string of the molecule is CC(CNC(C)C)CN1CCN(c2ccc(F)cc2)CC1. The van der Waals surface area contributed by atoms with Crippen LogP contribution in [-0.2, 0) is 0 Å². The van der Waals surface area contributed by atoms with Crippen molar-refractivity contribution in [1.29, 1.82) is 0 Å². The normalized spacial score (nSPS) is 18.2. The molecular weight excluding hydrogens is 265 g/mol. The van der Waals surface area contributed by atoms with Gasteiger partial charge in [0.1, 0.15) is 5.82 Å². The molecule has 1 unspecified atom stereocenters. The zero-order valence-electron chi connectivity index (χ0n) is 13.5. The molecule has 1 N–H and O–H groups in total. The van der Waals surface area contributed by atoms with Gasteiger partial charge < -0.3 is 10.2 Å². The first-order chi connectivity index (χ1) is 10.0. The van der Waals surface area contributed by atoms with Crippen LogP contribution < -0.4 is 10.2 Å². The maximum Gasteiger partial charge on any atom is 0.123 e. The number of rotatable bonds is 6. The molecule has 1 aromatic rings. The van der Waals surface area contributed by atoms with Crippen LogP contribution in [0.4, 0.5) is 10.1 Å². The van der Waals surface area contributed by atoms with E-state index >= 15 is 0 Å². The molecule has 1 aliphatic rings. The van der Waals surface area contributed by atoms with Gasteiger partial charge in [0.25, 0.3) is 0 Å². The van der Waals surface area contributed by atoms with E-state index in [9.17, 15) is 4.39 Å². The van der Waals surface area contributed by atoms with Gasteiger partial charge in [0.05, 0.1) is 0 Å². The van der Waals surface area contributed by atoms with Crippen LogP contribution in [0.3, 0.4) is 0 Å². The molecule has 1 saturated heterocycles. The van der Waals surface area contributed by atoms with E-state index in [4.69, 9.17) is 0 Å². The summed E-state index contributed by atoms with van der Waals surface area (Å²) in [6.07, 6.45) is 0. The molecular formula is C17H28FN3. The van der Waals surface area contributed by atoms with E-state index in [1.54, 1.807) is 12.1 Å². The van der Waals surface area contributed by atoms with Crippen LogP contribution in [0.25, 0.3) is 0 Å². The van der Waals surface area contributed by atoms with Crippen LogP contribution in [0, 0.1) is 11.7 Å². The summed E-state index contributed by atoms with van der Waals surface area (Å²) < 4.78 is 13.0. The van der Waals surface area contributed by atoms with E-state index in [0.717, 1.165) is 45.0 Å². The first kappa shape index (κ1) is 16.2. The topological polar surface area (TPSA) is 18.5 Å². The molecule has 3 nitrogen and oxygen atoms in total.